The molecule has 0 saturated heterocycles. The van der Waals surface area contributed by atoms with Crippen LogP contribution < -0.4 is 5.32 Å². The van der Waals surface area contributed by atoms with Gasteiger partial charge in [0.2, 0.25) is 0 Å². The molecule has 0 amide bonds. The van der Waals surface area contributed by atoms with Crippen LogP contribution in [0.15, 0.2) is 30.0 Å². The predicted molar refractivity (Wildman–Crippen MR) is 63.5 cm³/mol. The zero-order valence-corrected chi connectivity index (χ0v) is 9.78. The van der Waals surface area contributed by atoms with Crippen molar-refractivity contribution in [2.24, 2.45) is 0 Å². The number of methoxy groups -OCH3 is 1. The van der Waals surface area contributed by atoms with Gasteiger partial charge in [0, 0.05) is 18.4 Å². The second-order valence-electron chi connectivity index (χ2n) is 3.58. The van der Waals surface area contributed by atoms with Crippen molar-refractivity contribution in [3.63, 3.8) is 0 Å². The fourth-order valence-electron chi connectivity index (χ4n) is 1.13. The highest BCUT2D eigenvalue weighted by atomic mass is 16.5. The first-order valence-electron chi connectivity index (χ1n) is 5.05. The lowest BCUT2D eigenvalue weighted by atomic mass is 10.3. The van der Waals surface area contributed by atoms with Gasteiger partial charge in [-0.2, -0.15) is 0 Å². The second-order valence-corrected chi connectivity index (χ2v) is 3.58. The lowest BCUT2D eigenvalue weighted by Gasteiger charge is -2.05. The molecule has 0 saturated carbocycles. The first-order valence-corrected chi connectivity index (χ1v) is 5.05. The minimum absolute atomic E-state index is 0.310. The number of pyridine rings is 1. The Morgan fingerprint density at radius 1 is 1.56 bits per heavy atom. The van der Waals surface area contributed by atoms with Crippen molar-refractivity contribution in [1.82, 2.24) is 4.98 Å². The van der Waals surface area contributed by atoms with E-state index in [0.717, 1.165) is 12.2 Å². The summed E-state index contributed by atoms with van der Waals surface area (Å²) in [6, 6.07) is 3.48. The van der Waals surface area contributed by atoms with Crippen LogP contribution in [0.1, 0.15) is 24.3 Å². The monoisotopic (exact) mass is 220 g/mol. The zero-order chi connectivity index (χ0) is 12.0. The Bertz CT molecular complexity index is 396. The van der Waals surface area contributed by atoms with E-state index in [4.69, 9.17) is 0 Å². The highest BCUT2D eigenvalue weighted by Gasteiger charge is 2.06. The molecule has 0 aliphatic carbocycles. The minimum Gasteiger partial charge on any atom is -0.464 e. The molecule has 1 heterocycles. The Hall–Kier alpha value is -1.84. The highest BCUT2D eigenvalue weighted by molar-refractivity contribution is 5.88. The Kier molecular flexibility index (Phi) is 4.51. The number of carbonyl (C=O) groups excluding carboxylic acids is 1. The number of nitrogens with one attached hydrogen (secondary N) is 1. The minimum atomic E-state index is -0.425. The van der Waals surface area contributed by atoms with Crippen LogP contribution in [0, 0.1) is 0 Å². The lowest BCUT2D eigenvalue weighted by Crippen LogP contribution is -2.06. The van der Waals surface area contributed by atoms with E-state index in [9.17, 15) is 4.79 Å². The Morgan fingerprint density at radius 2 is 2.31 bits per heavy atom. The van der Waals surface area contributed by atoms with Crippen molar-refractivity contribution in [3.05, 3.63) is 35.7 Å². The summed E-state index contributed by atoms with van der Waals surface area (Å²) in [5.41, 5.74) is 2.41. The number of allylic oxidation sites excluding steroid dienone is 1. The topological polar surface area (TPSA) is 51.2 Å². The molecule has 0 unspecified atom stereocenters. The first kappa shape index (κ1) is 12.2. The van der Waals surface area contributed by atoms with Crippen LogP contribution in [0.25, 0.3) is 0 Å². The number of carbonyl (C=O) groups is 1. The summed E-state index contributed by atoms with van der Waals surface area (Å²) in [4.78, 5) is 15.1. The molecule has 1 rings (SSSR count). The van der Waals surface area contributed by atoms with Gasteiger partial charge in [-0.1, -0.05) is 11.6 Å². The van der Waals surface area contributed by atoms with E-state index in [2.05, 4.69) is 21.1 Å². The molecule has 16 heavy (non-hydrogen) atoms. The maximum absolute atomic E-state index is 11.2. The predicted octanol–water partition coefficient (Wildman–Crippen LogP) is 2.25. The third kappa shape index (κ3) is 3.73. The molecule has 4 nitrogen and oxygen atoms in total. The summed E-state index contributed by atoms with van der Waals surface area (Å²) >= 11 is 0. The fraction of sp³-hybridized carbons (Fsp3) is 0.333. The normalized spacial score (nSPS) is 9.44. The van der Waals surface area contributed by atoms with Crippen LogP contribution in [0.4, 0.5) is 5.69 Å². The summed E-state index contributed by atoms with van der Waals surface area (Å²) in [6.45, 7) is 4.80. The van der Waals surface area contributed by atoms with Crippen molar-refractivity contribution >= 4 is 11.7 Å². The molecule has 0 radical (unpaired) electrons. The lowest BCUT2D eigenvalue weighted by molar-refractivity contribution is 0.0594. The van der Waals surface area contributed by atoms with Crippen LogP contribution >= 0.6 is 0 Å². The largest absolute Gasteiger partial charge is 0.464 e. The van der Waals surface area contributed by atoms with Crippen molar-refractivity contribution in [2.45, 2.75) is 13.8 Å². The van der Waals surface area contributed by atoms with E-state index in [1.165, 1.54) is 12.7 Å². The van der Waals surface area contributed by atoms with Gasteiger partial charge in [-0.15, -0.1) is 0 Å². The number of aromatic nitrogens is 1. The quantitative estimate of drug-likeness (QED) is 0.624. The number of ether oxygens (including phenoxy) is 1. The van der Waals surface area contributed by atoms with Gasteiger partial charge in [0.05, 0.1) is 7.11 Å². The third-order valence-electron chi connectivity index (χ3n) is 1.97. The highest BCUT2D eigenvalue weighted by Crippen LogP contribution is 2.08. The number of hydrogen-bond donors (Lipinski definition) is 1. The van der Waals surface area contributed by atoms with Crippen LogP contribution in [0.5, 0.6) is 0 Å². The van der Waals surface area contributed by atoms with Crippen molar-refractivity contribution < 1.29 is 9.53 Å². The van der Waals surface area contributed by atoms with E-state index >= 15 is 0 Å². The number of esters is 1. The van der Waals surface area contributed by atoms with Gasteiger partial charge in [0.1, 0.15) is 5.69 Å². The zero-order valence-electron chi connectivity index (χ0n) is 9.78. The van der Waals surface area contributed by atoms with Gasteiger partial charge in [0.25, 0.3) is 0 Å². The summed E-state index contributed by atoms with van der Waals surface area (Å²) in [6.07, 6.45) is 3.65. The second kappa shape index (κ2) is 5.90. The van der Waals surface area contributed by atoms with Gasteiger partial charge in [-0.25, -0.2) is 9.78 Å². The number of hydrogen-bond acceptors (Lipinski definition) is 4. The molecule has 0 spiro atoms. The smallest absolute Gasteiger partial charge is 0.356 e. The van der Waals surface area contributed by atoms with Crippen LogP contribution in [0.2, 0.25) is 0 Å². The Balaban J connectivity index is 2.68. The summed E-state index contributed by atoms with van der Waals surface area (Å²) in [7, 11) is 1.34. The molecule has 0 fully saturated rings. The molecule has 0 aromatic carbocycles. The van der Waals surface area contributed by atoms with Gasteiger partial charge in [0.15, 0.2) is 0 Å². The van der Waals surface area contributed by atoms with Crippen LogP contribution in [0.3, 0.4) is 0 Å². The van der Waals surface area contributed by atoms with E-state index in [-0.39, 0.29) is 0 Å². The van der Waals surface area contributed by atoms with Crippen LogP contribution in [-0.2, 0) is 4.74 Å². The molecule has 1 aromatic rings. The Morgan fingerprint density at radius 3 is 2.94 bits per heavy atom. The molecule has 1 N–H and O–H groups in total. The van der Waals surface area contributed by atoms with E-state index in [1.54, 1.807) is 12.3 Å². The van der Waals surface area contributed by atoms with Crippen molar-refractivity contribution in [1.29, 1.82) is 0 Å². The summed E-state index contributed by atoms with van der Waals surface area (Å²) in [5.74, 6) is -0.425. The van der Waals surface area contributed by atoms with Crippen LogP contribution in [-0.4, -0.2) is 24.6 Å². The summed E-state index contributed by atoms with van der Waals surface area (Å²) < 4.78 is 4.59. The molecule has 1 aromatic heterocycles. The van der Waals surface area contributed by atoms with E-state index in [0.29, 0.717) is 5.69 Å². The molecule has 0 aliphatic heterocycles. The van der Waals surface area contributed by atoms with Gasteiger partial charge in [-0.05, 0) is 26.0 Å². The fourth-order valence-corrected chi connectivity index (χ4v) is 1.13. The third-order valence-corrected chi connectivity index (χ3v) is 1.97. The van der Waals surface area contributed by atoms with Gasteiger partial charge in [-0.3, -0.25) is 0 Å². The molecular formula is C12H16N2O2. The molecule has 86 valence electrons. The van der Waals surface area contributed by atoms with Crippen molar-refractivity contribution in [3.8, 4) is 0 Å². The average Bonchev–Trinajstić information content (AvgIpc) is 2.28. The summed E-state index contributed by atoms with van der Waals surface area (Å²) in [5, 5.41) is 3.17. The number of anilines is 1. The molecule has 0 atom stereocenters. The van der Waals surface area contributed by atoms with Gasteiger partial charge < -0.3 is 10.1 Å². The first-order chi connectivity index (χ1) is 7.63. The van der Waals surface area contributed by atoms with Gasteiger partial charge >= 0.3 is 5.97 Å². The van der Waals surface area contributed by atoms with E-state index < -0.39 is 5.97 Å². The maximum Gasteiger partial charge on any atom is 0.356 e. The standard InChI is InChI=1S/C12H16N2O2/c1-9(2)4-6-13-10-5-7-14-11(8-10)12(15)16-3/h4-5,7-8H,6H2,1-3H3,(H,13,14). The SMILES string of the molecule is COC(=O)c1cc(NCC=C(C)C)ccn1. The van der Waals surface area contributed by atoms with Crippen molar-refractivity contribution in [2.75, 3.05) is 19.0 Å². The average molecular weight is 220 g/mol. The number of nitrogens with zero attached hydrogens (tertiary/aromatic N) is 1. The molecular weight excluding hydrogens is 204 g/mol. The number of rotatable bonds is 4. The molecule has 0 aliphatic rings. The molecule has 0 bridgehead atoms. The maximum atomic E-state index is 11.2. The molecule has 4 heteroatoms. The Labute approximate surface area is 95.3 Å². The van der Waals surface area contributed by atoms with E-state index in [1.807, 2.05) is 19.9 Å².